The van der Waals surface area contributed by atoms with Gasteiger partial charge in [0.15, 0.2) is 0 Å². The summed E-state index contributed by atoms with van der Waals surface area (Å²) in [6, 6.07) is 16.1. The highest BCUT2D eigenvalue weighted by molar-refractivity contribution is 5.78. The van der Waals surface area contributed by atoms with Gasteiger partial charge in [-0.15, -0.1) is 0 Å². The number of aromatic nitrogens is 3. The molecule has 1 aliphatic rings. The van der Waals surface area contributed by atoms with Crippen molar-refractivity contribution in [2.24, 2.45) is 0 Å². The number of benzene rings is 1. The van der Waals surface area contributed by atoms with Crippen LogP contribution in [0.25, 0.3) is 5.69 Å². The van der Waals surface area contributed by atoms with Gasteiger partial charge < -0.3 is 9.80 Å². The maximum atomic E-state index is 12.9. The van der Waals surface area contributed by atoms with E-state index < -0.39 is 0 Å². The average molecular weight is 419 g/mol. The fraction of sp³-hybridized carbons (Fsp3) is 0.375. The summed E-state index contributed by atoms with van der Waals surface area (Å²) in [7, 11) is 2.00. The molecule has 0 radical (unpaired) electrons. The molecule has 0 bridgehead atoms. The number of amides is 1. The first-order valence-corrected chi connectivity index (χ1v) is 10.8. The monoisotopic (exact) mass is 418 g/mol. The third kappa shape index (κ3) is 4.77. The van der Waals surface area contributed by atoms with Gasteiger partial charge >= 0.3 is 0 Å². The Hall–Kier alpha value is -3.19. The Morgan fingerprint density at radius 1 is 1.00 bits per heavy atom. The molecular formula is C24H30N6O. The van der Waals surface area contributed by atoms with E-state index in [1.165, 1.54) is 5.56 Å². The van der Waals surface area contributed by atoms with Crippen molar-refractivity contribution in [1.82, 2.24) is 24.6 Å². The Morgan fingerprint density at radius 2 is 1.71 bits per heavy atom. The van der Waals surface area contributed by atoms with Crippen molar-refractivity contribution in [3.8, 4) is 5.69 Å². The molecule has 0 saturated carbocycles. The number of carbonyl (C=O) groups excluding carboxylic acids is 1. The van der Waals surface area contributed by atoms with E-state index in [9.17, 15) is 4.79 Å². The van der Waals surface area contributed by atoms with Crippen LogP contribution in [0.5, 0.6) is 0 Å². The summed E-state index contributed by atoms with van der Waals surface area (Å²) < 4.78 is 1.98. The van der Waals surface area contributed by atoms with Crippen LogP contribution in [0, 0.1) is 13.8 Å². The summed E-state index contributed by atoms with van der Waals surface area (Å²) in [6.45, 7) is 8.32. The molecule has 0 unspecified atom stereocenters. The Labute approximate surface area is 183 Å². The minimum atomic E-state index is 0.175. The van der Waals surface area contributed by atoms with Crippen molar-refractivity contribution < 1.29 is 4.79 Å². The average Bonchev–Trinajstić information content (AvgIpc) is 3.08. The van der Waals surface area contributed by atoms with Gasteiger partial charge in [0.25, 0.3) is 0 Å². The van der Waals surface area contributed by atoms with E-state index in [1.807, 2.05) is 66.1 Å². The van der Waals surface area contributed by atoms with Crippen LogP contribution in [-0.4, -0.2) is 70.2 Å². The molecule has 0 N–H and O–H groups in total. The van der Waals surface area contributed by atoms with Crippen molar-refractivity contribution >= 4 is 11.7 Å². The SMILES string of the molecule is Cc1nn(-c2ccccc2)c(C)c1CN(C)CC(=O)N1CCN(c2ccccn2)CC1. The maximum absolute atomic E-state index is 12.9. The minimum absolute atomic E-state index is 0.175. The van der Waals surface area contributed by atoms with Crippen LogP contribution in [0.2, 0.25) is 0 Å². The summed E-state index contributed by atoms with van der Waals surface area (Å²) in [5, 5.41) is 4.72. The largest absolute Gasteiger partial charge is 0.353 e. The van der Waals surface area contributed by atoms with Crippen molar-refractivity contribution in [2.45, 2.75) is 20.4 Å². The molecule has 7 heteroatoms. The standard InChI is InChI=1S/C24H30N6O/c1-19-22(20(2)30(26-19)21-9-5-4-6-10-21)17-27(3)18-24(31)29-15-13-28(14-16-29)23-11-7-8-12-25-23/h4-12H,13-18H2,1-3H3. The second-order valence-corrected chi connectivity index (χ2v) is 8.12. The molecule has 2 aromatic heterocycles. The van der Waals surface area contributed by atoms with Gasteiger partial charge in [0.1, 0.15) is 5.82 Å². The lowest BCUT2D eigenvalue weighted by atomic mass is 10.2. The van der Waals surface area contributed by atoms with Crippen LogP contribution >= 0.6 is 0 Å². The van der Waals surface area contributed by atoms with Gasteiger partial charge in [-0.25, -0.2) is 9.67 Å². The normalized spacial score (nSPS) is 14.3. The number of rotatable bonds is 6. The van der Waals surface area contributed by atoms with Crippen LogP contribution in [0.4, 0.5) is 5.82 Å². The highest BCUT2D eigenvalue weighted by atomic mass is 16.2. The topological polar surface area (TPSA) is 57.5 Å². The number of carbonyl (C=O) groups is 1. The number of hydrogen-bond acceptors (Lipinski definition) is 5. The van der Waals surface area contributed by atoms with Crippen molar-refractivity contribution in [3.63, 3.8) is 0 Å². The van der Waals surface area contributed by atoms with Crippen molar-refractivity contribution in [2.75, 3.05) is 44.7 Å². The molecule has 1 saturated heterocycles. The fourth-order valence-electron chi connectivity index (χ4n) is 4.11. The van der Waals surface area contributed by atoms with Gasteiger partial charge in [0, 0.05) is 50.2 Å². The lowest BCUT2D eigenvalue weighted by Crippen LogP contribution is -2.51. The number of para-hydroxylation sites is 1. The first kappa shape index (κ1) is 21.1. The highest BCUT2D eigenvalue weighted by Crippen LogP contribution is 2.19. The predicted molar refractivity (Wildman–Crippen MR) is 122 cm³/mol. The molecule has 0 spiro atoms. The zero-order valence-electron chi connectivity index (χ0n) is 18.5. The van der Waals surface area contributed by atoms with Gasteiger partial charge in [0.05, 0.1) is 17.9 Å². The highest BCUT2D eigenvalue weighted by Gasteiger charge is 2.23. The van der Waals surface area contributed by atoms with Gasteiger partial charge in [-0.1, -0.05) is 24.3 Å². The summed E-state index contributed by atoms with van der Waals surface area (Å²) >= 11 is 0. The predicted octanol–water partition coefficient (Wildman–Crippen LogP) is 2.66. The van der Waals surface area contributed by atoms with Crippen LogP contribution < -0.4 is 4.90 Å². The zero-order valence-corrected chi connectivity index (χ0v) is 18.5. The third-order valence-electron chi connectivity index (χ3n) is 5.88. The smallest absolute Gasteiger partial charge is 0.236 e. The number of pyridine rings is 1. The third-order valence-corrected chi connectivity index (χ3v) is 5.88. The summed E-state index contributed by atoms with van der Waals surface area (Å²) in [5.74, 6) is 1.15. The number of piperazine rings is 1. The second kappa shape index (κ2) is 9.31. The van der Waals surface area contributed by atoms with Crippen molar-refractivity contribution in [3.05, 3.63) is 71.7 Å². The number of anilines is 1. The number of nitrogens with zero attached hydrogens (tertiary/aromatic N) is 6. The summed E-state index contributed by atoms with van der Waals surface area (Å²) in [4.78, 5) is 23.6. The number of likely N-dealkylation sites (N-methyl/N-ethyl adjacent to an activating group) is 1. The summed E-state index contributed by atoms with van der Waals surface area (Å²) in [5.41, 5.74) is 4.36. The number of hydrogen-bond donors (Lipinski definition) is 0. The summed E-state index contributed by atoms with van der Waals surface area (Å²) in [6.07, 6.45) is 1.81. The van der Waals surface area contributed by atoms with Crippen molar-refractivity contribution in [1.29, 1.82) is 0 Å². The molecule has 162 valence electrons. The first-order chi connectivity index (χ1) is 15.0. The van der Waals surface area contributed by atoms with E-state index in [0.29, 0.717) is 13.1 Å². The molecular weight excluding hydrogens is 388 g/mol. The zero-order chi connectivity index (χ0) is 21.8. The second-order valence-electron chi connectivity index (χ2n) is 8.12. The molecule has 0 aliphatic carbocycles. The van der Waals surface area contributed by atoms with Crippen LogP contribution in [-0.2, 0) is 11.3 Å². The Balaban J connectivity index is 1.34. The van der Waals surface area contributed by atoms with Gasteiger partial charge in [-0.05, 0) is 45.2 Å². The van der Waals surface area contributed by atoms with E-state index in [-0.39, 0.29) is 5.91 Å². The Morgan fingerprint density at radius 3 is 2.39 bits per heavy atom. The maximum Gasteiger partial charge on any atom is 0.236 e. The van der Waals surface area contributed by atoms with Gasteiger partial charge in [-0.2, -0.15) is 5.10 Å². The lowest BCUT2D eigenvalue weighted by Gasteiger charge is -2.36. The fourth-order valence-corrected chi connectivity index (χ4v) is 4.11. The Bertz CT molecular complexity index is 1010. The minimum Gasteiger partial charge on any atom is -0.353 e. The van der Waals surface area contributed by atoms with Crippen LogP contribution in [0.15, 0.2) is 54.7 Å². The molecule has 4 rings (SSSR count). The van der Waals surface area contributed by atoms with E-state index in [0.717, 1.165) is 49.1 Å². The molecule has 1 aliphatic heterocycles. The lowest BCUT2D eigenvalue weighted by molar-refractivity contribution is -0.132. The number of aryl methyl sites for hydroxylation is 1. The molecule has 0 atom stereocenters. The Kier molecular flexibility index (Phi) is 6.32. The molecule has 1 fully saturated rings. The van der Waals surface area contributed by atoms with E-state index in [4.69, 9.17) is 5.10 Å². The molecule has 3 heterocycles. The molecule has 31 heavy (non-hydrogen) atoms. The van der Waals surface area contributed by atoms with Crippen LogP contribution in [0.1, 0.15) is 17.0 Å². The van der Waals surface area contributed by atoms with E-state index in [1.54, 1.807) is 0 Å². The quantitative estimate of drug-likeness (QED) is 0.616. The van der Waals surface area contributed by atoms with Gasteiger partial charge in [-0.3, -0.25) is 9.69 Å². The van der Waals surface area contributed by atoms with Crippen LogP contribution in [0.3, 0.4) is 0 Å². The van der Waals surface area contributed by atoms with E-state index in [2.05, 4.69) is 33.8 Å². The molecule has 1 amide bonds. The van der Waals surface area contributed by atoms with E-state index >= 15 is 0 Å². The van der Waals surface area contributed by atoms with Gasteiger partial charge in [0.2, 0.25) is 5.91 Å². The molecule has 1 aromatic carbocycles. The first-order valence-electron chi connectivity index (χ1n) is 10.8. The molecule has 3 aromatic rings. The molecule has 7 nitrogen and oxygen atoms in total.